The molecular formula is C22H25F3N2O3. The molecule has 1 aliphatic heterocycles. The summed E-state index contributed by atoms with van der Waals surface area (Å²) in [5.41, 5.74) is -1.05. The third kappa shape index (κ3) is 5.30. The van der Waals surface area contributed by atoms with Crippen molar-refractivity contribution in [3.8, 4) is 5.88 Å². The fourth-order valence-corrected chi connectivity index (χ4v) is 3.33. The van der Waals surface area contributed by atoms with E-state index in [2.05, 4.69) is 10.3 Å². The van der Waals surface area contributed by atoms with Crippen molar-refractivity contribution >= 4 is 5.97 Å². The average molecular weight is 422 g/mol. The predicted octanol–water partition coefficient (Wildman–Crippen LogP) is 4.19. The molecule has 8 heteroatoms. The van der Waals surface area contributed by atoms with Crippen molar-refractivity contribution in [1.29, 1.82) is 0 Å². The summed E-state index contributed by atoms with van der Waals surface area (Å²) in [5, 5.41) is 3.31. The van der Waals surface area contributed by atoms with Crippen molar-refractivity contribution in [3.05, 3.63) is 59.8 Å². The van der Waals surface area contributed by atoms with Gasteiger partial charge in [-0.05, 0) is 44.5 Å². The lowest BCUT2D eigenvalue weighted by molar-refractivity contribution is -0.163. The van der Waals surface area contributed by atoms with Crippen molar-refractivity contribution < 1.29 is 27.4 Å². The van der Waals surface area contributed by atoms with Crippen molar-refractivity contribution in [3.63, 3.8) is 0 Å². The van der Waals surface area contributed by atoms with Crippen molar-refractivity contribution in [2.45, 2.75) is 38.5 Å². The van der Waals surface area contributed by atoms with Crippen LogP contribution in [0.2, 0.25) is 0 Å². The highest BCUT2D eigenvalue weighted by Gasteiger charge is 2.38. The van der Waals surface area contributed by atoms with Gasteiger partial charge in [0.15, 0.2) is 0 Å². The number of carbonyl (C=O) groups excluding carboxylic acids is 1. The van der Waals surface area contributed by atoms with E-state index in [1.807, 2.05) is 30.3 Å². The molecule has 1 saturated heterocycles. The van der Waals surface area contributed by atoms with Gasteiger partial charge in [-0.25, -0.2) is 4.98 Å². The Bertz CT molecular complexity index is 856. The van der Waals surface area contributed by atoms with E-state index < -0.39 is 29.0 Å². The number of halogens is 3. The van der Waals surface area contributed by atoms with E-state index in [4.69, 9.17) is 9.47 Å². The van der Waals surface area contributed by atoms with Gasteiger partial charge in [-0.2, -0.15) is 13.2 Å². The zero-order valence-corrected chi connectivity index (χ0v) is 16.9. The Morgan fingerprint density at radius 2 is 1.90 bits per heavy atom. The number of alkyl halides is 3. The maximum absolute atomic E-state index is 13.1. The summed E-state index contributed by atoms with van der Waals surface area (Å²) in [6.07, 6.45) is -3.04. The van der Waals surface area contributed by atoms with Crippen molar-refractivity contribution in [2.75, 3.05) is 19.7 Å². The van der Waals surface area contributed by atoms with E-state index in [-0.39, 0.29) is 18.6 Å². The van der Waals surface area contributed by atoms with E-state index in [0.29, 0.717) is 13.0 Å². The lowest BCUT2D eigenvalue weighted by Crippen LogP contribution is -2.44. The second-order valence-corrected chi connectivity index (χ2v) is 7.98. The Kier molecular flexibility index (Phi) is 6.65. The van der Waals surface area contributed by atoms with Gasteiger partial charge in [-0.1, -0.05) is 30.3 Å². The first-order chi connectivity index (χ1) is 14.2. The van der Waals surface area contributed by atoms with Gasteiger partial charge in [-0.3, -0.25) is 4.79 Å². The second-order valence-electron chi connectivity index (χ2n) is 7.98. The number of rotatable bonds is 6. The second kappa shape index (κ2) is 9.04. The molecule has 0 aliphatic carbocycles. The van der Waals surface area contributed by atoms with Crippen LogP contribution in [0.15, 0.2) is 48.7 Å². The normalized spacial score (nSPS) is 19.9. The number of hydrogen-bond acceptors (Lipinski definition) is 5. The standard InChI is InChI=1S/C22H25F3N2O3/c1-21(2,14-29-19-17(22(23,24)25)9-6-11-27-19)20(28)30-18-10-12-26-13-16(18)15-7-4-3-5-8-15/h3-9,11,16,18,26H,10,12-14H2,1-2H3/t16-,18+/m0/s1. The minimum Gasteiger partial charge on any atom is -0.476 e. The summed E-state index contributed by atoms with van der Waals surface area (Å²) in [6, 6.07) is 11.9. The van der Waals surface area contributed by atoms with Crippen molar-refractivity contribution in [1.82, 2.24) is 10.3 Å². The first kappa shape index (κ1) is 22.1. The number of aromatic nitrogens is 1. The molecule has 1 aromatic carbocycles. The van der Waals surface area contributed by atoms with E-state index >= 15 is 0 Å². The zero-order chi connectivity index (χ0) is 21.8. The molecular weight excluding hydrogens is 397 g/mol. The molecule has 1 aliphatic rings. The van der Waals surface area contributed by atoms with Crippen LogP contribution in [0.5, 0.6) is 5.88 Å². The third-order valence-electron chi connectivity index (χ3n) is 5.10. The number of hydrogen-bond donors (Lipinski definition) is 1. The Balaban J connectivity index is 1.67. The number of piperidine rings is 1. The van der Waals surface area contributed by atoms with Gasteiger partial charge in [0.1, 0.15) is 18.3 Å². The number of nitrogens with zero attached hydrogens (tertiary/aromatic N) is 1. The third-order valence-corrected chi connectivity index (χ3v) is 5.10. The summed E-state index contributed by atoms with van der Waals surface area (Å²) in [7, 11) is 0. The highest BCUT2D eigenvalue weighted by Crippen LogP contribution is 2.35. The lowest BCUT2D eigenvalue weighted by Gasteiger charge is -2.34. The molecule has 2 heterocycles. The van der Waals surface area contributed by atoms with Gasteiger partial charge >= 0.3 is 12.1 Å². The molecule has 0 bridgehead atoms. The van der Waals surface area contributed by atoms with Crippen LogP contribution in [0.3, 0.4) is 0 Å². The van der Waals surface area contributed by atoms with Crippen LogP contribution in [0.4, 0.5) is 13.2 Å². The monoisotopic (exact) mass is 422 g/mol. The Morgan fingerprint density at radius 3 is 2.60 bits per heavy atom. The molecule has 162 valence electrons. The molecule has 0 unspecified atom stereocenters. The van der Waals surface area contributed by atoms with Gasteiger partial charge in [0.05, 0.1) is 5.41 Å². The Labute approximate surface area is 173 Å². The molecule has 1 aromatic heterocycles. The molecule has 1 N–H and O–H groups in total. The van der Waals surface area contributed by atoms with Gasteiger partial charge in [0.25, 0.3) is 0 Å². The number of pyridine rings is 1. The Morgan fingerprint density at radius 1 is 1.17 bits per heavy atom. The molecule has 1 fully saturated rings. The van der Waals surface area contributed by atoms with Crippen LogP contribution >= 0.6 is 0 Å². The highest BCUT2D eigenvalue weighted by molar-refractivity contribution is 5.76. The van der Waals surface area contributed by atoms with Crippen LogP contribution in [-0.4, -0.2) is 36.8 Å². The fraction of sp³-hybridized carbons (Fsp3) is 0.455. The highest BCUT2D eigenvalue weighted by atomic mass is 19.4. The quantitative estimate of drug-likeness (QED) is 0.708. The summed E-state index contributed by atoms with van der Waals surface area (Å²) >= 11 is 0. The smallest absolute Gasteiger partial charge is 0.421 e. The molecule has 2 aromatic rings. The predicted molar refractivity (Wildman–Crippen MR) is 105 cm³/mol. The minimum atomic E-state index is -4.59. The number of esters is 1. The van der Waals surface area contributed by atoms with Gasteiger partial charge in [0, 0.05) is 18.7 Å². The van der Waals surface area contributed by atoms with Gasteiger partial charge < -0.3 is 14.8 Å². The minimum absolute atomic E-state index is 0.00763. The summed E-state index contributed by atoms with van der Waals surface area (Å²) in [6.45, 7) is 4.30. The van der Waals surface area contributed by atoms with E-state index in [1.165, 1.54) is 12.3 Å². The molecule has 0 amide bonds. The summed E-state index contributed by atoms with van der Waals surface area (Å²) in [5.74, 6) is -1.05. The average Bonchev–Trinajstić information content (AvgIpc) is 2.73. The number of ether oxygens (including phenoxy) is 2. The zero-order valence-electron chi connectivity index (χ0n) is 16.9. The SMILES string of the molecule is CC(C)(COc1ncccc1C(F)(F)F)C(=O)O[C@@H]1CCNC[C@H]1c1ccccc1. The first-order valence-corrected chi connectivity index (χ1v) is 9.80. The molecule has 2 atom stereocenters. The topological polar surface area (TPSA) is 60.5 Å². The van der Waals surface area contributed by atoms with Crippen LogP contribution in [0.1, 0.15) is 37.3 Å². The maximum atomic E-state index is 13.1. The molecule has 30 heavy (non-hydrogen) atoms. The summed E-state index contributed by atoms with van der Waals surface area (Å²) < 4.78 is 50.5. The number of carbonyl (C=O) groups is 1. The molecule has 5 nitrogen and oxygen atoms in total. The largest absolute Gasteiger partial charge is 0.476 e. The van der Waals surface area contributed by atoms with Crippen LogP contribution in [0.25, 0.3) is 0 Å². The first-order valence-electron chi connectivity index (χ1n) is 9.80. The van der Waals surface area contributed by atoms with Gasteiger partial charge in [-0.15, -0.1) is 0 Å². The Hall–Kier alpha value is -2.61. The van der Waals surface area contributed by atoms with E-state index in [9.17, 15) is 18.0 Å². The number of benzene rings is 1. The van der Waals surface area contributed by atoms with Crippen LogP contribution in [0, 0.1) is 5.41 Å². The molecule has 0 radical (unpaired) electrons. The molecule has 0 saturated carbocycles. The lowest BCUT2D eigenvalue weighted by atomic mass is 9.88. The van der Waals surface area contributed by atoms with Crippen molar-refractivity contribution in [2.24, 2.45) is 5.41 Å². The van der Waals surface area contributed by atoms with Crippen LogP contribution < -0.4 is 10.1 Å². The number of nitrogens with one attached hydrogen (secondary N) is 1. The van der Waals surface area contributed by atoms with E-state index in [0.717, 1.165) is 18.2 Å². The van der Waals surface area contributed by atoms with E-state index in [1.54, 1.807) is 13.8 Å². The summed E-state index contributed by atoms with van der Waals surface area (Å²) in [4.78, 5) is 16.5. The van der Waals surface area contributed by atoms with Crippen LogP contribution in [-0.2, 0) is 15.7 Å². The molecule has 3 rings (SSSR count). The fourth-order valence-electron chi connectivity index (χ4n) is 3.33. The maximum Gasteiger partial charge on any atom is 0.421 e. The molecule has 0 spiro atoms. The van der Waals surface area contributed by atoms with Gasteiger partial charge in [0.2, 0.25) is 5.88 Å².